The van der Waals surface area contributed by atoms with Gasteiger partial charge in [0, 0.05) is 36.4 Å². The monoisotopic (exact) mass is 519 g/mol. The number of fused-ring (bicyclic) bond motifs is 1. The fourth-order valence-corrected chi connectivity index (χ4v) is 5.25. The number of imidazole rings is 1. The Morgan fingerprint density at radius 2 is 1.81 bits per heavy atom. The molecule has 2 heterocycles. The van der Waals surface area contributed by atoms with Crippen LogP contribution in [0.2, 0.25) is 0 Å². The fraction of sp³-hybridized carbons (Fsp3) is 0.440. The summed E-state index contributed by atoms with van der Waals surface area (Å²) in [5.74, 6) is -0.213. The number of carbonyl (C=O) groups excluding carboxylic acids is 1. The number of para-hydroxylation sites is 2. The summed E-state index contributed by atoms with van der Waals surface area (Å²) in [5.41, 5.74) is 2.91. The summed E-state index contributed by atoms with van der Waals surface area (Å²) in [7, 11) is 0. The minimum absolute atomic E-state index is 0. The highest BCUT2D eigenvalue weighted by Crippen LogP contribution is 2.34. The Morgan fingerprint density at radius 1 is 1.12 bits per heavy atom. The Hall–Kier alpha value is -1.70. The van der Waals surface area contributed by atoms with Gasteiger partial charge in [-0.05, 0) is 62.2 Å². The third-order valence-electron chi connectivity index (χ3n) is 5.87. The zero-order valence-electron chi connectivity index (χ0n) is 18.7. The van der Waals surface area contributed by atoms with Crippen molar-refractivity contribution >= 4 is 45.6 Å². The van der Waals surface area contributed by atoms with E-state index in [1.54, 1.807) is 12.1 Å². The summed E-state index contributed by atoms with van der Waals surface area (Å²) in [4.78, 5) is 19.7. The van der Waals surface area contributed by atoms with Gasteiger partial charge in [-0.3, -0.25) is 4.79 Å². The average molecular weight is 521 g/mol. The average Bonchev–Trinajstić information content (AvgIpc) is 3.11. The van der Waals surface area contributed by atoms with Crippen LogP contribution in [0.5, 0.6) is 0 Å². The summed E-state index contributed by atoms with van der Waals surface area (Å²) in [6.07, 6.45) is 3.53. The van der Waals surface area contributed by atoms with Crippen molar-refractivity contribution in [1.82, 2.24) is 14.5 Å². The predicted molar refractivity (Wildman–Crippen MR) is 136 cm³/mol. The number of hydrogen-bond acceptors (Lipinski definition) is 4. The van der Waals surface area contributed by atoms with E-state index >= 15 is 0 Å². The minimum Gasteiger partial charge on any atom is -0.316 e. The first kappa shape index (κ1) is 24.9. The molecule has 0 radical (unpaired) electrons. The molecule has 0 spiro atoms. The molecule has 1 fully saturated rings. The Morgan fingerprint density at radius 3 is 2.50 bits per heavy atom. The molecule has 2 aromatic carbocycles. The number of likely N-dealkylation sites (tertiary alicyclic amines) is 1. The third kappa shape index (κ3) is 6.00. The molecule has 0 saturated carbocycles. The van der Waals surface area contributed by atoms with Gasteiger partial charge in [0.2, 0.25) is 0 Å². The van der Waals surface area contributed by atoms with Crippen LogP contribution in [0, 0.1) is 5.82 Å². The van der Waals surface area contributed by atoms with Crippen molar-refractivity contribution in [3.8, 4) is 0 Å². The van der Waals surface area contributed by atoms with Crippen LogP contribution in [0.3, 0.4) is 0 Å². The lowest BCUT2D eigenvalue weighted by atomic mass is 10.0. The van der Waals surface area contributed by atoms with Gasteiger partial charge in [0.15, 0.2) is 10.9 Å². The number of piperidine rings is 1. The van der Waals surface area contributed by atoms with E-state index in [2.05, 4.69) is 47.6 Å². The van der Waals surface area contributed by atoms with Crippen LogP contribution in [0.1, 0.15) is 55.9 Å². The van der Waals surface area contributed by atoms with Gasteiger partial charge >= 0.3 is 0 Å². The van der Waals surface area contributed by atoms with E-state index in [0.29, 0.717) is 23.3 Å². The predicted octanol–water partition coefficient (Wildman–Crippen LogP) is 6.55. The molecule has 32 heavy (non-hydrogen) atoms. The standard InChI is InChI=1S/C25H30FN3OS.BrH/c1-18(2)31-25-27-22-6-3-4-7-23(22)29(25)21-13-16-28(17-14-21)15-5-8-24(30)19-9-11-20(26)12-10-19;/h3-4,6-7,9-12,18,21H,5,8,13-17H2,1-2H3;1H. The van der Waals surface area contributed by atoms with Crippen LogP contribution in [-0.4, -0.2) is 45.1 Å². The smallest absolute Gasteiger partial charge is 0.169 e. The zero-order chi connectivity index (χ0) is 21.8. The summed E-state index contributed by atoms with van der Waals surface area (Å²) in [5, 5.41) is 1.62. The number of benzene rings is 2. The lowest BCUT2D eigenvalue weighted by Crippen LogP contribution is -2.35. The van der Waals surface area contributed by atoms with Crippen LogP contribution >= 0.6 is 28.7 Å². The van der Waals surface area contributed by atoms with E-state index in [1.807, 2.05) is 11.8 Å². The summed E-state index contributed by atoms with van der Waals surface area (Å²) in [6, 6.07) is 14.7. The second-order valence-corrected chi connectivity index (χ2v) is 10.1. The Balaban J connectivity index is 0.00000289. The Kier molecular flexibility index (Phi) is 8.91. The minimum atomic E-state index is -0.306. The molecule has 1 saturated heterocycles. The fourth-order valence-electron chi connectivity index (χ4n) is 4.31. The van der Waals surface area contributed by atoms with Crippen molar-refractivity contribution in [2.75, 3.05) is 19.6 Å². The van der Waals surface area contributed by atoms with Crippen LogP contribution in [0.4, 0.5) is 4.39 Å². The topological polar surface area (TPSA) is 38.1 Å². The van der Waals surface area contributed by atoms with E-state index in [9.17, 15) is 9.18 Å². The van der Waals surface area contributed by atoms with Gasteiger partial charge in [-0.2, -0.15) is 0 Å². The molecule has 172 valence electrons. The normalized spacial score (nSPS) is 15.2. The maximum Gasteiger partial charge on any atom is 0.169 e. The van der Waals surface area contributed by atoms with Crippen LogP contribution in [-0.2, 0) is 0 Å². The summed E-state index contributed by atoms with van der Waals surface area (Å²) < 4.78 is 15.5. The molecule has 0 bridgehead atoms. The molecule has 1 aliphatic heterocycles. The van der Waals surface area contributed by atoms with Crippen molar-refractivity contribution < 1.29 is 9.18 Å². The van der Waals surface area contributed by atoms with Gasteiger partial charge in [-0.1, -0.05) is 37.7 Å². The van der Waals surface area contributed by atoms with Crippen molar-refractivity contribution in [2.45, 2.75) is 56.0 Å². The number of halogens is 2. The SMILES string of the molecule is Br.CC(C)Sc1nc2ccccc2n1C1CCN(CCCC(=O)c2ccc(F)cc2)CC1. The summed E-state index contributed by atoms with van der Waals surface area (Å²) in [6.45, 7) is 7.42. The van der Waals surface area contributed by atoms with Gasteiger partial charge < -0.3 is 9.47 Å². The van der Waals surface area contributed by atoms with Gasteiger partial charge in [0.05, 0.1) is 11.0 Å². The largest absolute Gasteiger partial charge is 0.316 e. The number of rotatable bonds is 8. The van der Waals surface area contributed by atoms with E-state index < -0.39 is 0 Å². The van der Waals surface area contributed by atoms with Crippen molar-refractivity contribution in [2.24, 2.45) is 0 Å². The first-order valence-corrected chi connectivity index (χ1v) is 12.0. The first-order valence-electron chi connectivity index (χ1n) is 11.2. The molecule has 3 aromatic rings. The van der Waals surface area contributed by atoms with Crippen LogP contribution < -0.4 is 0 Å². The number of hydrogen-bond donors (Lipinski definition) is 0. The molecule has 0 N–H and O–H groups in total. The number of nitrogens with zero attached hydrogens (tertiary/aromatic N) is 3. The highest BCUT2D eigenvalue weighted by atomic mass is 79.9. The van der Waals surface area contributed by atoms with Crippen molar-refractivity contribution in [1.29, 1.82) is 0 Å². The number of ketones is 1. The number of carbonyl (C=O) groups is 1. The van der Waals surface area contributed by atoms with E-state index in [-0.39, 0.29) is 28.6 Å². The van der Waals surface area contributed by atoms with Gasteiger partial charge in [-0.25, -0.2) is 9.37 Å². The lowest BCUT2D eigenvalue weighted by Gasteiger charge is -2.33. The molecular weight excluding hydrogens is 489 g/mol. The van der Waals surface area contributed by atoms with Crippen molar-refractivity contribution in [3.05, 3.63) is 59.9 Å². The highest BCUT2D eigenvalue weighted by Gasteiger charge is 2.25. The molecular formula is C25H31BrFN3OS. The quantitative estimate of drug-likeness (QED) is 0.249. The first-order chi connectivity index (χ1) is 15.0. The molecule has 4 nitrogen and oxygen atoms in total. The molecule has 1 aromatic heterocycles. The maximum absolute atomic E-state index is 13.0. The number of aromatic nitrogens is 2. The lowest BCUT2D eigenvalue weighted by molar-refractivity contribution is 0.0970. The van der Waals surface area contributed by atoms with Gasteiger partial charge in [0.1, 0.15) is 5.82 Å². The van der Waals surface area contributed by atoms with Crippen LogP contribution in [0.25, 0.3) is 11.0 Å². The molecule has 0 unspecified atom stereocenters. The third-order valence-corrected chi connectivity index (χ3v) is 6.84. The molecule has 0 aliphatic carbocycles. The van der Waals surface area contributed by atoms with E-state index in [4.69, 9.17) is 4.98 Å². The molecule has 4 rings (SSSR count). The Bertz CT molecular complexity index is 1030. The molecule has 7 heteroatoms. The second-order valence-electron chi connectivity index (χ2n) is 8.53. The number of Topliss-reactive ketones (excluding diaryl/α,β-unsaturated/α-hetero) is 1. The van der Waals surface area contributed by atoms with E-state index in [0.717, 1.165) is 49.6 Å². The summed E-state index contributed by atoms with van der Waals surface area (Å²) >= 11 is 1.84. The maximum atomic E-state index is 13.0. The molecule has 1 aliphatic rings. The van der Waals surface area contributed by atoms with Gasteiger partial charge in [0.25, 0.3) is 0 Å². The molecule has 0 atom stereocenters. The molecule has 0 amide bonds. The highest BCUT2D eigenvalue weighted by molar-refractivity contribution is 8.93. The zero-order valence-corrected chi connectivity index (χ0v) is 21.2. The van der Waals surface area contributed by atoms with Crippen LogP contribution in [0.15, 0.2) is 53.7 Å². The Labute approximate surface area is 204 Å². The number of thioether (sulfide) groups is 1. The second kappa shape index (κ2) is 11.4. The van der Waals surface area contributed by atoms with E-state index in [1.165, 1.54) is 17.6 Å². The van der Waals surface area contributed by atoms with Gasteiger partial charge in [-0.15, -0.1) is 17.0 Å². The van der Waals surface area contributed by atoms with Crippen molar-refractivity contribution in [3.63, 3.8) is 0 Å².